The van der Waals surface area contributed by atoms with Crippen LogP contribution in [0.2, 0.25) is 0 Å². The topological polar surface area (TPSA) is 21.3 Å². The van der Waals surface area contributed by atoms with Gasteiger partial charge in [0.2, 0.25) is 0 Å². The average Bonchev–Trinajstić information content (AvgIpc) is 3.12. The molecule has 3 rings (SSSR count). The highest BCUT2D eigenvalue weighted by Gasteiger charge is 2.26. The summed E-state index contributed by atoms with van der Waals surface area (Å²) >= 11 is 1.89. The highest BCUT2D eigenvalue weighted by Crippen LogP contribution is 2.41. The summed E-state index contributed by atoms with van der Waals surface area (Å²) in [7, 11) is 1.79. The summed E-state index contributed by atoms with van der Waals surface area (Å²) in [5.41, 5.74) is 2.97. The van der Waals surface area contributed by atoms with Crippen molar-refractivity contribution in [2.75, 3.05) is 20.2 Å². The lowest BCUT2D eigenvalue weighted by atomic mass is 9.77. The van der Waals surface area contributed by atoms with Crippen LogP contribution in [0.25, 0.3) is 0 Å². The number of hydrogen-bond acceptors (Lipinski definition) is 3. The minimum absolute atomic E-state index is 0.608. The molecule has 1 aromatic heterocycles. The summed E-state index contributed by atoms with van der Waals surface area (Å²) in [5, 5.41) is 5.76. The second-order valence-corrected chi connectivity index (χ2v) is 7.35. The van der Waals surface area contributed by atoms with Gasteiger partial charge in [0.1, 0.15) is 5.75 Å². The van der Waals surface area contributed by atoms with Crippen LogP contribution in [0.3, 0.4) is 0 Å². The number of benzene rings is 1. The van der Waals surface area contributed by atoms with E-state index in [1.54, 1.807) is 7.11 Å². The average molecular weight is 330 g/mol. The molecule has 1 aliphatic rings. The fourth-order valence-electron chi connectivity index (χ4n) is 3.84. The molecule has 1 aliphatic carbocycles. The Balaban J connectivity index is 1.82. The number of methoxy groups -OCH3 is 1. The maximum absolute atomic E-state index is 5.59. The zero-order valence-electron chi connectivity index (χ0n) is 14.2. The maximum atomic E-state index is 5.59. The third-order valence-corrected chi connectivity index (χ3v) is 6.00. The van der Waals surface area contributed by atoms with E-state index in [2.05, 4.69) is 48.0 Å². The second kappa shape index (κ2) is 7.98. The number of rotatable bonds is 7. The van der Waals surface area contributed by atoms with Gasteiger partial charge in [-0.3, -0.25) is 0 Å². The van der Waals surface area contributed by atoms with Crippen molar-refractivity contribution in [3.8, 4) is 5.75 Å². The van der Waals surface area contributed by atoms with Crippen molar-refractivity contribution in [3.63, 3.8) is 0 Å². The van der Waals surface area contributed by atoms with Crippen LogP contribution in [0.15, 0.2) is 35.7 Å². The van der Waals surface area contributed by atoms with E-state index >= 15 is 0 Å². The minimum atomic E-state index is 0.608. The molecule has 2 nitrogen and oxygen atoms in total. The fraction of sp³-hybridized carbons (Fsp3) is 0.500. The zero-order chi connectivity index (χ0) is 16.1. The van der Waals surface area contributed by atoms with Gasteiger partial charge in [0.05, 0.1) is 7.11 Å². The predicted molar refractivity (Wildman–Crippen MR) is 98.9 cm³/mol. The lowest BCUT2D eigenvalue weighted by Gasteiger charge is -2.30. The van der Waals surface area contributed by atoms with Crippen molar-refractivity contribution in [1.29, 1.82) is 0 Å². The highest BCUT2D eigenvalue weighted by molar-refractivity contribution is 7.10. The Hall–Kier alpha value is -1.32. The number of likely N-dealkylation sites (N-methyl/N-ethyl adjacent to an activating group) is 1. The largest absolute Gasteiger partial charge is 0.496 e. The van der Waals surface area contributed by atoms with Crippen molar-refractivity contribution >= 4 is 11.3 Å². The van der Waals surface area contributed by atoms with Gasteiger partial charge in [-0.15, -0.1) is 11.3 Å². The summed E-state index contributed by atoms with van der Waals surface area (Å²) in [5.74, 6) is 2.34. The molecule has 0 bridgehead atoms. The minimum Gasteiger partial charge on any atom is -0.496 e. The Morgan fingerprint density at radius 3 is 2.96 bits per heavy atom. The van der Waals surface area contributed by atoms with E-state index in [-0.39, 0.29) is 0 Å². The molecule has 0 fully saturated rings. The van der Waals surface area contributed by atoms with Crippen LogP contribution in [0.1, 0.15) is 54.0 Å². The van der Waals surface area contributed by atoms with Crippen LogP contribution in [-0.2, 0) is 6.42 Å². The van der Waals surface area contributed by atoms with Gasteiger partial charge in [-0.25, -0.2) is 0 Å². The summed E-state index contributed by atoms with van der Waals surface area (Å²) < 4.78 is 5.59. The van der Waals surface area contributed by atoms with E-state index in [0.717, 1.165) is 25.3 Å². The van der Waals surface area contributed by atoms with Crippen LogP contribution < -0.4 is 10.1 Å². The molecule has 0 saturated heterocycles. The SMILES string of the molecule is CCNCC(CC1CCCc2c(OC)cccc21)c1cccs1. The van der Waals surface area contributed by atoms with Gasteiger partial charge in [0.15, 0.2) is 0 Å². The molecule has 0 amide bonds. The molecule has 0 spiro atoms. The maximum Gasteiger partial charge on any atom is 0.122 e. The number of hydrogen-bond donors (Lipinski definition) is 1. The predicted octanol–water partition coefficient (Wildman–Crippen LogP) is 4.96. The smallest absolute Gasteiger partial charge is 0.122 e. The van der Waals surface area contributed by atoms with Crippen LogP contribution >= 0.6 is 11.3 Å². The van der Waals surface area contributed by atoms with Crippen molar-refractivity contribution < 1.29 is 4.74 Å². The molecule has 0 aliphatic heterocycles. The van der Waals surface area contributed by atoms with Crippen LogP contribution in [0.4, 0.5) is 0 Å². The third-order valence-electron chi connectivity index (χ3n) is 4.96. The zero-order valence-corrected chi connectivity index (χ0v) is 15.0. The Bertz CT molecular complexity index is 608. The highest BCUT2D eigenvalue weighted by atomic mass is 32.1. The van der Waals surface area contributed by atoms with Gasteiger partial charge in [-0.1, -0.05) is 25.1 Å². The Labute approximate surface area is 143 Å². The molecule has 2 atom stereocenters. The number of nitrogens with one attached hydrogen (secondary N) is 1. The first-order chi connectivity index (χ1) is 11.3. The summed E-state index contributed by atoms with van der Waals surface area (Å²) in [6.45, 7) is 4.30. The Morgan fingerprint density at radius 2 is 2.22 bits per heavy atom. The molecule has 124 valence electrons. The second-order valence-electron chi connectivity index (χ2n) is 6.37. The van der Waals surface area contributed by atoms with Crippen LogP contribution in [-0.4, -0.2) is 20.2 Å². The lowest BCUT2D eigenvalue weighted by molar-refractivity contribution is 0.397. The first kappa shape index (κ1) is 16.5. The van der Waals surface area contributed by atoms with Crippen molar-refractivity contribution in [1.82, 2.24) is 5.32 Å². The fourth-order valence-corrected chi connectivity index (χ4v) is 4.68. The van der Waals surface area contributed by atoms with Crippen LogP contribution in [0.5, 0.6) is 5.75 Å². The monoisotopic (exact) mass is 329 g/mol. The molecule has 1 aromatic carbocycles. The molecule has 0 radical (unpaired) electrons. The standard InChI is InChI=1S/C20H27NOS/c1-3-21-14-16(20-11-6-12-23-20)13-15-7-4-9-18-17(15)8-5-10-19(18)22-2/h5-6,8,10-12,15-16,21H,3-4,7,9,13-14H2,1-2H3. The van der Waals surface area contributed by atoms with Crippen molar-refractivity contribution in [3.05, 3.63) is 51.7 Å². The van der Waals surface area contributed by atoms with E-state index < -0.39 is 0 Å². The Kier molecular flexibility index (Phi) is 5.74. The van der Waals surface area contributed by atoms with Gasteiger partial charge >= 0.3 is 0 Å². The molecular weight excluding hydrogens is 302 g/mol. The van der Waals surface area contributed by atoms with Crippen molar-refractivity contribution in [2.45, 2.75) is 44.4 Å². The summed E-state index contributed by atoms with van der Waals surface area (Å²) in [6, 6.07) is 11.1. The first-order valence-electron chi connectivity index (χ1n) is 8.73. The first-order valence-corrected chi connectivity index (χ1v) is 9.61. The van der Waals surface area contributed by atoms with Gasteiger partial charge in [0.25, 0.3) is 0 Å². The molecule has 3 heteroatoms. The number of thiophene rings is 1. The number of ether oxygens (including phenoxy) is 1. The normalized spacial score (nSPS) is 18.4. The van der Waals surface area contributed by atoms with Crippen molar-refractivity contribution in [2.24, 2.45) is 0 Å². The molecule has 23 heavy (non-hydrogen) atoms. The van der Waals surface area contributed by atoms with Gasteiger partial charge in [0, 0.05) is 17.3 Å². The lowest BCUT2D eigenvalue weighted by Crippen LogP contribution is -2.23. The third kappa shape index (κ3) is 3.78. The molecule has 2 unspecified atom stereocenters. The molecule has 1 N–H and O–H groups in total. The van der Waals surface area contributed by atoms with Gasteiger partial charge in [-0.05, 0) is 66.8 Å². The van der Waals surface area contributed by atoms with E-state index in [1.807, 2.05) is 11.3 Å². The Morgan fingerprint density at radius 1 is 1.30 bits per heavy atom. The molecular formula is C20H27NOS. The summed E-state index contributed by atoms with van der Waals surface area (Å²) in [6.07, 6.45) is 4.96. The van der Waals surface area contributed by atoms with E-state index in [1.165, 1.54) is 35.3 Å². The molecule has 0 saturated carbocycles. The van der Waals surface area contributed by atoms with Gasteiger partial charge in [-0.2, -0.15) is 0 Å². The van der Waals surface area contributed by atoms with Crippen LogP contribution in [0, 0.1) is 0 Å². The van der Waals surface area contributed by atoms with E-state index in [0.29, 0.717) is 11.8 Å². The molecule has 1 heterocycles. The quantitative estimate of drug-likeness (QED) is 0.775. The summed E-state index contributed by atoms with van der Waals surface area (Å²) in [4.78, 5) is 1.51. The molecule has 2 aromatic rings. The van der Waals surface area contributed by atoms with E-state index in [4.69, 9.17) is 4.74 Å². The van der Waals surface area contributed by atoms with Gasteiger partial charge < -0.3 is 10.1 Å². The number of fused-ring (bicyclic) bond motifs is 1. The van der Waals surface area contributed by atoms with E-state index in [9.17, 15) is 0 Å².